The van der Waals surface area contributed by atoms with Gasteiger partial charge in [-0.25, -0.2) is 0 Å². The van der Waals surface area contributed by atoms with E-state index in [4.69, 9.17) is 4.74 Å². The van der Waals surface area contributed by atoms with Gasteiger partial charge in [-0.15, -0.1) is 0 Å². The average molecular weight is 174 g/mol. The molecule has 0 spiro atoms. The summed E-state index contributed by atoms with van der Waals surface area (Å²) < 4.78 is 4.92. The molecule has 0 aromatic rings. The van der Waals surface area contributed by atoms with E-state index in [1.807, 2.05) is 0 Å². The highest BCUT2D eigenvalue weighted by atomic mass is 16.5. The molecule has 1 saturated heterocycles. The third-order valence-corrected chi connectivity index (χ3v) is 2.11. The summed E-state index contributed by atoms with van der Waals surface area (Å²) in [6.45, 7) is 3.27. The Kier molecular flexibility index (Phi) is 4.53. The highest BCUT2D eigenvalue weighted by Gasteiger charge is 2.23. The van der Waals surface area contributed by atoms with E-state index in [0.29, 0.717) is 6.54 Å². The van der Waals surface area contributed by atoms with E-state index in [-0.39, 0.29) is 12.1 Å². The molecular formula is C8H18N2O2. The molecule has 0 radical (unpaired) electrons. The number of aliphatic hydroxyl groups excluding tert-OH is 1. The van der Waals surface area contributed by atoms with Crippen LogP contribution in [-0.2, 0) is 4.74 Å². The summed E-state index contributed by atoms with van der Waals surface area (Å²) in [5, 5.41) is 15.8. The van der Waals surface area contributed by atoms with Gasteiger partial charge in [0.05, 0.1) is 6.10 Å². The van der Waals surface area contributed by atoms with Crippen LogP contribution in [0.4, 0.5) is 0 Å². The Morgan fingerprint density at radius 2 is 2.42 bits per heavy atom. The van der Waals surface area contributed by atoms with Crippen molar-refractivity contribution in [2.24, 2.45) is 0 Å². The number of nitrogens with one attached hydrogen (secondary N) is 2. The van der Waals surface area contributed by atoms with E-state index < -0.39 is 0 Å². The summed E-state index contributed by atoms with van der Waals surface area (Å²) in [7, 11) is 1.70. The van der Waals surface area contributed by atoms with Crippen LogP contribution in [-0.4, -0.2) is 50.6 Å². The second-order valence-electron chi connectivity index (χ2n) is 3.13. The molecule has 72 valence electrons. The van der Waals surface area contributed by atoms with Gasteiger partial charge in [0.15, 0.2) is 0 Å². The lowest BCUT2D eigenvalue weighted by Crippen LogP contribution is -2.39. The number of rotatable bonds is 5. The predicted octanol–water partition coefficient (Wildman–Crippen LogP) is -1.05. The minimum atomic E-state index is -0.229. The van der Waals surface area contributed by atoms with Crippen LogP contribution in [0.25, 0.3) is 0 Å². The molecule has 0 aromatic carbocycles. The standard InChI is InChI=1S/C8H18N2O2/c1-12-4-2-3-10-7-5-9-6-8(7)11/h7-11H,2-6H2,1H3/t7-,8-/m1/s1. The van der Waals surface area contributed by atoms with Crippen molar-refractivity contribution in [1.29, 1.82) is 0 Å². The number of β-amino-alcohol motifs (C(OH)–C–C–N with tert-alkyl or cyclic N) is 1. The Morgan fingerprint density at radius 3 is 3.00 bits per heavy atom. The molecular weight excluding hydrogens is 156 g/mol. The molecule has 0 bridgehead atoms. The van der Waals surface area contributed by atoms with Crippen LogP contribution in [0.5, 0.6) is 0 Å². The molecule has 12 heavy (non-hydrogen) atoms. The second kappa shape index (κ2) is 5.48. The molecule has 1 fully saturated rings. The van der Waals surface area contributed by atoms with Crippen LogP contribution in [0, 0.1) is 0 Å². The first-order valence-electron chi connectivity index (χ1n) is 4.45. The van der Waals surface area contributed by atoms with Crippen molar-refractivity contribution in [2.75, 3.05) is 33.4 Å². The van der Waals surface area contributed by atoms with Crippen molar-refractivity contribution < 1.29 is 9.84 Å². The molecule has 2 atom stereocenters. The van der Waals surface area contributed by atoms with Gasteiger partial charge in [-0.1, -0.05) is 0 Å². The van der Waals surface area contributed by atoms with Crippen LogP contribution in [0.1, 0.15) is 6.42 Å². The quantitative estimate of drug-likeness (QED) is 0.465. The molecule has 3 N–H and O–H groups in total. The average Bonchev–Trinajstić information content (AvgIpc) is 2.46. The monoisotopic (exact) mass is 174 g/mol. The Bertz CT molecular complexity index is 122. The molecule has 0 aliphatic carbocycles. The molecule has 0 aromatic heterocycles. The number of hydrogen-bond donors (Lipinski definition) is 3. The largest absolute Gasteiger partial charge is 0.390 e. The highest BCUT2D eigenvalue weighted by Crippen LogP contribution is 1.98. The molecule has 1 aliphatic rings. The zero-order valence-electron chi connectivity index (χ0n) is 7.55. The predicted molar refractivity (Wildman–Crippen MR) is 47.2 cm³/mol. The summed E-state index contributed by atoms with van der Waals surface area (Å²) in [6.07, 6.45) is 0.771. The lowest BCUT2D eigenvalue weighted by Gasteiger charge is -2.14. The first-order valence-corrected chi connectivity index (χ1v) is 4.45. The third-order valence-electron chi connectivity index (χ3n) is 2.11. The van der Waals surface area contributed by atoms with Crippen LogP contribution in [0.2, 0.25) is 0 Å². The summed E-state index contributed by atoms with van der Waals surface area (Å²) >= 11 is 0. The summed E-state index contributed by atoms with van der Waals surface area (Å²) in [4.78, 5) is 0. The Labute approximate surface area is 73.3 Å². The van der Waals surface area contributed by atoms with E-state index in [1.54, 1.807) is 7.11 Å². The van der Waals surface area contributed by atoms with Gasteiger partial charge in [-0.2, -0.15) is 0 Å². The number of ether oxygens (including phenoxy) is 1. The molecule has 0 unspecified atom stereocenters. The zero-order chi connectivity index (χ0) is 8.81. The first kappa shape index (κ1) is 9.92. The Balaban J connectivity index is 1.98. The minimum Gasteiger partial charge on any atom is -0.390 e. The topological polar surface area (TPSA) is 53.5 Å². The second-order valence-corrected chi connectivity index (χ2v) is 3.13. The molecule has 1 rings (SSSR count). The zero-order valence-corrected chi connectivity index (χ0v) is 7.55. The maximum atomic E-state index is 9.39. The first-order chi connectivity index (χ1) is 5.84. The van der Waals surface area contributed by atoms with Crippen LogP contribution in [0.3, 0.4) is 0 Å². The van der Waals surface area contributed by atoms with Crippen LogP contribution >= 0.6 is 0 Å². The number of aliphatic hydroxyl groups is 1. The summed E-state index contributed by atoms with van der Waals surface area (Å²) in [6, 6.07) is 0.224. The van der Waals surface area contributed by atoms with Gasteiger partial charge < -0.3 is 20.5 Å². The number of hydrogen-bond acceptors (Lipinski definition) is 4. The fourth-order valence-corrected chi connectivity index (χ4v) is 1.38. The van der Waals surface area contributed by atoms with Gasteiger partial charge in [-0.05, 0) is 13.0 Å². The fourth-order valence-electron chi connectivity index (χ4n) is 1.38. The van der Waals surface area contributed by atoms with Gasteiger partial charge in [-0.3, -0.25) is 0 Å². The summed E-state index contributed by atoms with van der Waals surface area (Å²) in [5.41, 5.74) is 0. The molecule has 0 saturated carbocycles. The lowest BCUT2D eigenvalue weighted by atomic mass is 10.2. The maximum Gasteiger partial charge on any atom is 0.0829 e. The van der Waals surface area contributed by atoms with Crippen molar-refractivity contribution in [3.63, 3.8) is 0 Å². The minimum absolute atomic E-state index is 0.224. The van der Waals surface area contributed by atoms with Crippen molar-refractivity contribution in [2.45, 2.75) is 18.6 Å². The van der Waals surface area contributed by atoms with Crippen LogP contribution in [0.15, 0.2) is 0 Å². The van der Waals surface area contributed by atoms with E-state index in [2.05, 4.69) is 10.6 Å². The van der Waals surface area contributed by atoms with Crippen LogP contribution < -0.4 is 10.6 Å². The lowest BCUT2D eigenvalue weighted by molar-refractivity contribution is 0.157. The van der Waals surface area contributed by atoms with Gasteiger partial charge in [0.25, 0.3) is 0 Å². The van der Waals surface area contributed by atoms with Crippen molar-refractivity contribution in [3.05, 3.63) is 0 Å². The van der Waals surface area contributed by atoms with Gasteiger partial charge in [0.2, 0.25) is 0 Å². The molecule has 1 aliphatic heterocycles. The van der Waals surface area contributed by atoms with Crippen molar-refractivity contribution >= 4 is 0 Å². The maximum absolute atomic E-state index is 9.39. The van der Waals surface area contributed by atoms with Crippen molar-refractivity contribution in [3.8, 4) is 0 Å². The van der Waals surface area contributed by atoms with E-state index in [9.17, 15) is 5.11 Å². The van der Waals surface area contributed by atoms with Crippen molar-refractivity contribution in [1.82, 2.24) is 10.6 Å². The number of methoxy groups -OCH3 is 1. The Hall–Kier alpha value is -0.160. The van der Waals surface area contributed by atoms with Gasteiger partial charge in [0.1, 0.15) is 0 Å². The summed E-state index contributed by atoms with van der Waals surface area (Å²) in [5.74, 6) is 0. The van der Waals surface area contributed by atoms with Gasteiger partial charge in [0, 0.05) is 32.8 Å². The molecule has 4 heteroatoms. The van der Waals surface area contributed by atoms with Gasteiger partial charge >= 0.3 is 0 Å². The van der Waals surface area contributed by atoms with E-state index >= 15 is 0 Å². The van der Waals surface area contributed by atoms with E-state index in [1.165, 1.54) is 0 Å². The fraction of sp³-hybridized carbons (Fsp3) is 1.00. The molecule has 0 amide bonds. The highest BCUT2D eigenvalue weighted by molar-refractivity contribution is 4.85. The molecule has 4 nitrogen and oxygen atoms in total. The Morgan fingerprint density at radius 1 is 1.58 bits per heavy atom. The normalized spacial score (nSPS) is 29.5. The third kappa shape index (κ3) is 3.06. The SMILES string of the molecule is COCCCN[C@@H]1CNC[C@H]1O. The smallest absolute Gasteiger partial charge is 0.0829 e. The molecule has 1 heterocycles. The van der Waals surface area contributed by atoms with E-state index in [0.717, 1.165) is 26.1 Å².